The number of piperidine rings is 1. The molecule has 3 aromatic rings. The normalized spacial score (nSPS) is 18.1. The summed E-state index contributed by atoms with van der Waals surface area (Å²) in [6.07, 6.45) is 2.22. The third-order valence-electron chi connectivity index (χ3n) is 4.64. The quantitative estimate of drug-likeness (QED) is 0.703. The summed E-state index contributed by atoms with van der Waals surface area (Å²) in [6, 6.07) is 15.5. The number of anilines is 1. The largest absolute Gasteiger partial charge is 0.325 e. The Bertz CT molecular complexity index is 893. The molecule has 2 aromatic carbocycles. The van der Waals surface area contributed by atoms with Crippen LogP contribution in [-0.4, -0.2) is 35.4 Å². The van der Waals surface area contributed by atoms with Crippen LogP contribution in [0.3, 0.4) is 0 Å². The molecule has 1 aromatic heterocycles. The molecular weight excluding hydrogens is 366 g/mol. The molecule has 1 aliphatic heterocycles. The Morgan fingerprint density at radius 3 is 3.00 bits per heavy atom. The van der Waals surface area contributed by atoms with Crippen molar-refractivity contribution in [1.29, 1.82) is 0 Å². The van der Waals surface area contributed by atoms with E-state index in [-0.39, 0.29) is 5.91 Å². The van der Waals surface area contributed by atoms with Crippen molar-refractivity contribution in [3.63, 3.8) is 0 Å². The lowest BCUT2D eigenvalue weighted by Crippen LogP contribution is -2.39. The van der Waals surface area contributed by atoms with Gasteiger partial charge in [-0.2, -0.15) is 0 Å². The maximum absolute atomic E-state index is 12.4. The van der Waals surface area contributed by atoms with Gasteiger partial charge in [-0.05, 0) is 49.7 Å². The van der Waals surface area contributed by atoms with E-state index in [4.69, 9.17) is 16.6 Å². The van der Waals surface area contributed by atoms with Crippen LogP contribution < -0.4 is 5.32 Å². The number of carbonyl (C=O) groups is 1. The number of hydrogen-bond acceptors (Lipinski definition) is 4. The predicted molar refractivity (Wildman–Crippen MR) is 108 cm³/mol. The molecule has 4 nitrogen and oxygen atoms in total. The number of aromatic nitrogens is 1. The molecule has 1 atom stereocenters. The molecule has 1 N–H and O–H groups in total. The Hall–Kier alpha value is -1.95. The number of nitrogens with zero attached hydrogens (tertiary/aromatic N) is 2. The van der Waals surface area contributed by atoms with Crippen LogP contribution in [0.25, 0.3) is 10.2 Å². The van der Waals surface area contributed by atoms with Gasteiger partial charge in [0, 0.05) is 23.2 Å². The Kier molecular flexibility index (Phi) is 5.20. The van der Waals surface area contributed by atoms with Crippen LogP contribution in [0, 0.1) is 0 Å². The molecular formula is C20H20ClN3OS. The van der Waals surface area contributed by atoms with Gasteiger partial charge in [0.2, 0.25) is 5.91 Å². The SMILES string of the molecule is O=C(CN1CCC[C@H](c2nc3ccccc3s2)C1)Nc1cccc(Cl)c1. The van der Waals surface area contributed by atoms with Crippen molar-refractivity contribution in [1.82, 2.24) is 9.88 Å². The number of rotatable bonds is 4. The molecule has 0 aliphatic carbocycles. The fraction of sp³-hybridized carbons (Fsp3) is 0.300. The molecule has 1 aliphatic rings. The molecule has 0 spiro atoms. The third-order valence-corrected chi connectivity index (χ3v) is 6.07. The van der Waals surface area contributed by atoms with Crippen molar-refractivity contribution in [2.24, 2.45) is 0 Å². The summed E-state index contributed by atoms with van der Waals surface area (Å²) in [5, 5.41) is 4.74. The van der Waals surface area contributed by atoms with E-state index in [2.05, 4.69) is 28.4 Å². The first-order chi connectivity index (χ1) is 12.7. The standard InChI is InChI=1S/C20H20ClN3OS/c21-15-6-3-7-16(11-15)22-19(25)13-24-10-4-5-14(12-24)20-23-17-8-1-2-9-18(17)26-20/h1-3,6-9,11,14H,4-5,10,12-13H2,(H,22,25)/t14-/m0/s1. The lowest BCUT2D eigenvalue weighted by molar-refractivity contribution is -0.117. The minimum absolute atomic E-state index is 0.00258. The molecule has 4 rings (SSSR count). The minimum atomic E-state index is -0.00258. The third kappa shape index (κ3) is 4.06. The summed E-state index contributed by atoms with van der Waals surface area (Å²) in [7, 11) is 0. The molecule has 1 fully saturated rings. The van der Waals surface area contributed by atoms with E-state index in [1.54, 1.807) is 23.5 Å². The van der Waals surface area contributed by atoms with Gasteiger partial charge in [0.25, 0.3) is 0 Å². The number of amides is 1. The second-order valence-electron chi connectivity index (χ2n) is 6.65. The van der Waals surface area contributed by atoms with Crippen LogP contribution in [0.15, 0.2) is 48.5 Å². The smallest absolute Gasteiger partial charge is 0.238 e. The van der Waals surface area contributed by atoms with Gasteiger partial charge in [-0.1, -0.05) is 29.8 Å². The Balaban J connectivity index is 1.39. The number of para-hydroxylation sites is 1. The number of thiazole rings is 1. The number of halogens is 1. The summed E-state index contributed by atoms with van der Waals surface area (Å²) in [5.74, 6) is 0.400. The molecule has 2 heterocycles. The molecule has 0 unspecified atom stereocenters. The summed E-state index contributed by atoms with van der Waals surface area (Å²) in [4.78, 5) is 19.4. The lowest BCUT2D eigenvalue weighted by atomic mass is 9.99. The van der Waals surface area contributed by atoms with E-state index in [9.17, 15) is 4.79 Å². The fourth-order valence-electron chi connectivity index (χ4n) is 3.44. The van der Waals surface area contributed by atoms with Crippen molar-refractivity contribution in [3.05, 3.63) is 58.6 Å². The van der Waals surface area contributed by atoms with Crippen molar-refractivity contribution < 1.29 is 4.79 Å². The second-order valence-corrected chi connectivity index (χ2v) is 8.15. The van der Waals surface area contributed by atoms with Crippen LogP contribution in [0.5, 0.6) is 0 Å². The van der Waals surface area contributed by atoms with Crippen LogP contribution in [0.2, 0.25) is 5.02 Å². The molecule has 0 radical (unpaired) electrons. The van der Waals surface area contributed by atoms with Gasteiger partial charge in [-0.3, -0.25) is 9.69 Å². The van der Waals surface area contributed by atoms with Crippen LogP contribution >= 0.6 is 22.9 Å². The molecule has 134 valence electrons. The number of carbonyl (C=O) groups excluding carboxylic acids is 1. The van der Waals surface area contributed by atoms with E-state index >= 15 is 0 Å². The Labute approximate surface area is 161 Å². The molecule has 1 amide bonds. The van der Waals surface area contributed by atoms with Gasteiger partial charge in [0.1, 0.15) is 0 Å². The maximum Gasteiger partial charge on any atom is 0.238 e. The van der Waals surface area contributed by atoms with Gasteiger partial charge in [-0.15, -0.1) is 11.3 Å². The van der Waals surface area contributed by atoms with Crippen LogP contribution in [-0.2, 0) is 4.79 Å². The summed E-state index contributed by atoms with van der Waals surface area (Å²) in [6.45, 7) is 2.22. The van der Waals surface area contributed by atoms with E-state index in [0.29, 0.717) is 17.5 Å². The van der Waals surface area contributed by atoms with Gasteiger partial charge in [0.15, 0.2) is 0 Å². The van der Waals surface area contributed by atoms with Gasteiger partial charge in [-0.25, -0.2) is 4.98 Å². The second kappa shape index (κ2) is 7.74. The zero-order valence-corrected chi connectivity index (χ0v) is 15.9. The number of hydrogen-bond donors (Lipinski definition) is 1. The number of likely N-dealkylation sites (tertiary alicyclic amines) is 1. The maximum atomic E-state index is 12.4. The van der Waals surface area contributed by atoms with Crippen molar-refractivity contribution in [2.75, 3.05) is 25.0 Å². The molecule has 26 heavy (non-hydrogen) atoms. The fourth-order valence-corrected chi connectivity index (χ4v) is 4.72. The molecule has 1 saturated heterocycles. The minimum Gasteiger partial charge on any atom is -0.325 e. The van der Waals surface area contributed by atoms with Crippen LogP contribution in [0.1, 0.15) is 23.8 Å². The first kappa shape index (κ1) is 17.5. The van der Waals surface area contributed by atoms with Gasteiger partial charge >= 0.3 is 0 Å². The number of fused-ring (bicyclic) bond motifs is 1. The first-order valence-corrected chi connectivity index (χ1v) is 10.00. The highest BCUT2D eigenvalue weighted by Gasteiger charge is 2.25. The van der Waals surface area contributed by atoms with E-state index in [1.165, 1.54) is 9.71 Å². The number of benzene rings is 2. The van der Waals surface area contributed by atoms with Crippen molar-refractivity contribution >= 4 is 44.7 Å². The topological polar surface area (TPSA) is 45.2 Å². The zero-order chi connectivity index (χ0) is 17.9. The highest BCUT2D eigenvalue weighted by molar-refractivity contribution is 7.18. The summed E-state index contributed by atoms with van der Waals surface area (Å²) in [5.41, 5.74) is 1.81. The van der Waals surface area contributed by atoms with Gasteiger partial charge < -0.3 is 5.32 Å². The predicted octanol–water partition coefficient (Wildman–Crippen LogP) is 4.77. The number of nitrogens with one attached hydrogen (secondary N) is 1. The van der Waals surface area contributed by atoms with Gasteiger partial charge in [0.05, 0.1) is 21.8 Å². The molecule has 6 heteroatoms. The lowest BCUT2D eigenvalue weighted by Gasteiger charge is -2.31. The highest BCUT2D eigenvalue weighted by Crippen LogP contribution is 2.32. The Morgan fingerprint density at radius 1 is 1.27 bits per heavy atom. The van der Waals surface area contributed by atoms with E-state index in [0.717, 1.165) is 37.1 Å². The average molecular weight is 386 g/mol. The van der Waals surface area contributed by atoms with E-state index < -0.39 is 0 Å². The molecule has 0 bridgehead atoms. The molecule has 0 saturated carbocycles. The summed E-state index contributed by atoms with van der Waals surface area (Å²) < 4.78 is 1.23. The van der Waals surface area contributed by atoms with Crippen molar-refractivity contribution in [3.8, 4) is 0 Å². The zero-order valence-electron chi connectivity index (χ0n) is 14.3. The van der Waals surface area contributed by atoms with E-state index in [1.807, 2.05) is 18.2 Å². The van der Waals surface area contributed by atoms with Crippen LogP contribution in [0.4, 0.5) is 5.69 Å². The summed E-state index contributed by atoms with van der Waals surface area (Å²) >= 11 is 7.75. The monoisotopic (exact) mass is 385 g/mol. The average Bonchev–Trinajstić information content (AvgIpc) is 3.06. The highest BCUT2D eigenvalue weighted by atomic mass is 35.5. The van der Waals surface area contributed by atoms with Crippen molar-refractivity contribution in [2.45, 2.75) is 18.8 Å². The first-order valence-electron chi connectivity index (χ1n) is 8.80. The Morgan fingerprint density at radius 2 is 2.15 bits per heavy atom.